The monoisotopic (exact) mass is 337 g/mol. The predicted octanol–water partition coefficient (Wildman–Crippen LogP) is 1.79. The highest BCUT2D eigenvalue weighted by molar-refractivity contribution is 5.78. The largest absolute Gasteiger partial charge is 0.390 e. The summed E-state index contributed by atoms with van der Waals surface area (Å²) >= 11 is 0. The van der Waals surface area contributed by atoms with Gasteiger partial charge in [0, 0.05) is 23.6 Å². The standard InChI is InChI=1S/C19H19N3O3/c23-17-12(7-6-11-4-2-1-3-5-11)8-13(18(17)24)14-9-20-16-15(14)21-10-22-19(16)25/h1-7,9-10,12-13,17-18,20,23-24H,8H2,(H,21,22,25)/b7-6-/t12-,13-,17+,18-/m0/s1. The molecule has 6 heteroatoms. The molecule has 6 nitrogen and oxygen atoms in total. The van der Waals surface area contributed by atoms with Gasteiger partial charge in [-0.05, 0) is 12.0 Å². The summed E-state index contributed by atoms with van der Waals surface area (Å²) < 4.78 is 0. The summed E-state index contributed by atoms with van der Waals surface area (Å²) in [5.41, 5.74) is 2.51. The normalized spacial score (nSPS) is 26.6. The summed E-state index contributed by atoms with van der Waals surface area (Å²) in [7, 11) is 0. The minimum atomic E-state index is -0.898. The molecule has 0 bridgehead atoms. The molecule has 1 aliphatic rings. The molecule has 2 heterocycles. The van der Waals surface area contributed by atoms with Crippen LogP contribution in [-0.2, 0) is 0 Å². The number of hydrogen-bond donors (Lipinski definition) is 4. The smallest absolute Gasteiger partial charge is 0.275 e. The lowest BCUT2D eigenvalue weighted by Crippen LogP contribution is -2.26. The lowest BCUT2D eigenvalue weighted by Gasteiger charge is -2.15. The number of hydrogen-bond acceptors (Lipinski definition) is 4. The molecule has 1 aromatic carbocycles. The molecule has 0 spiro atoms. The third kappa shape index (κ3) is 2.79. The van der Waals surface area contributed by atoms with Crippen LogP contribution in [-0.4, -0.2) is 37.4 Å². The lowest BCUT2D eigenvalue weighted by molar-refractivity contribution is 0.0231. The summed E-state index contributed by atoms with van der Waals surface area (Å²) in [5.74, 6) is -0.435. The maximum Gasteiger partial charge on any atom is 0.275 e. The molecule has 128 valence electrons. The molecule has 1 fully saturated rings. The number of nitrogens with zero attached hydrogens (tertiary/aromatic N) is 1. The van der Waals surface area contributed by atoms with Gasteiger partial charge in [-0.15, -0.1) is 0 Å². The van der Waals surface area contributed by atoms with Gasteiger partial charge in [-0.2, -0.15) is 0 Å². The van der Waals surface area contributed by atoms with Crippen molar-refractivity contribution in [1.29, 1.82) is 0 Å². The number of fused-ring (bicyclic) bond motifs is 1. The van der Waals surface area contributed by atoms with E-state index in [1.54, 1.807) is 6.20 Å². The number of aliphatic hydroxyl groups excluding tert-OH is 2. The van der Waals surface area contributed by atoms with Gasteiger partial charge in [0.15, 0.2) is 0 Å². The molecule has 0 radical (unpaired) electrons. The number of H-pyrrole nitrogens is 2. The van der Waals surface area contributed by atoms with Crippen LogP contribution in [0.5, 0.6) is 0 Å². The molecule has 2 aromatic heterocycles. The van der Waals surface area contributed by atoms with Gasteiger partial charge >= 0.3 is 0 Å². The van der Waals surface area contributed by atoms with Crippen LogP contribution in [0, 0.1) is 5.92 Å². The third-order valence-electron chi connectivity index (χ3n) is 4.96. The molecule has 0 saturated heterocycles. The van der Waals surface area contributed by atoms with Crippen molar-refractivity contribution in [3.05, 3.63) is 70.4 Å². The van der Waals surface area contributed by atoms with E-state index in [0.29, 0.717) is 17.5 Å². The number of aromatic nitrogens is 3. The third-order valence-corrected chi connectivity index (χ3v) is 4.96. The zero-order chi connectivity index (χ0) is 17.4. The van der Waals surface area contributed by atoms with Crippen LogP contribution in [0.1, 0.15) is 23.5 Å². The quantitative estimate of drug-likeness (QED) is 0.585. The van der Waals surface area contributed by atoms with E-state index in [1.165, 1.54) is 6.33 Å². The van der Waals surface area contributed by atoms with E-state index in [4.69, 9.17) is 0 Å². The number of rotatable bonds is 3. The van der Waals surface area contributed by atoms with E-state index in [1.807, 2.05) is 42.5 Å². The van der Waals surface area contributed by atoms with Crippen molar-refractivity contribution in [3.63, 3.8) is 0 Å². The summed E-state index contributed by atoms with van der Waals surface area (Å²) in [4.78, 5) is 21.5. The molecular weight excluding hydrogens is 318 g/mol. The zero-order valence-electron chi connectivity index (χ0n) is 13.5. The minimum Gasteiger partial charge on any atom is -0.390 e. The molecular formula is C19H19N3O3. The fourth-order valence-corrected chi connectivity index (χ4v) is 3.62. The van der Waals surface area contributed by atoms with Gasteiger partial charge in [0.25, 0.3) is 5.56 Å². The second-order valence-corrected chi connectivity index (χ2v) is 6.46. The highest BCUT2D eigenvalue weighted by atomic mass is 16.3. The van der Waals surface area contributed by atoms with E-state index < -0.39 is 12.2 Å². The van der Waals surface area contributed by atoms with Crippen molar-refractivity contribution in [1.82, 2.24) is 15.0 Å². The van der Waals surface area contributed by atoms with Crippen LogP contribution in [0.2, 0.25) is 0 Å². The van der Waals surface area contributed by atoms with Gasteiger partial charge in [-0.25, -0.2) is 4.98 Å². The van der Waals surface area contributed by atoms with Crippen LogP contribution in [0.15, 0.2) is 53.7 Å². The molecule has 0 unspecified atom stereocenters. The Morgan fingerprint density at radius 1 is 1.12 bits per heavy atom. The Morgan fingerprint density at radius 3 is 2.72 bits per heavy atom. The Kier molecular flexibility index (Phi) is 3.99. The van der Waals surface area contributed by atoms with E-state index in [9.17, 15) is 15.0 Å². The fraction of sp³-hybridized carbons (Fsp3) is 0.263. The number of aromatic amines is 2. The second-order valence-electron chi connectivity index (χ2n) is 6.46. The Bertz CT molecular complexity index is 961. The van der Waals surface area contributed by atoms with Gasteiger partial charge in [-0.3, -0.25) is 4.79 Å². The van der Waals surface area contributed by atoms with E-state index in [0.717, 1.165) is 11.1 Å². The van der Waals surface area contributed by atoms with Gasteiger partial charge in [0.2, 0.25) is 0 Å². The van der Waals surface area contributed by atoms with E-state index >= 15 is 0 Å². The minimum absolute atomic E-state index is 0.160. The summed E-state index contributed by atoms with van der Waals surface area (Å²) in [6.07, 6.45) is 5.80. The topological polar surface area (TPSA) is 102 Å². The Labute approximate surface area is 143 Å². The molecule has 1 aliphatic carbocycles. The average molecular weight is 337 g/mol. The first kappa shape index (κ1) is 15.8. The molecule has 0 amide bonds. The molecule has 4 atom stereocenters. The summed E-state index contributed by atoms with van der Waals surface area (Å²) in [5, 5.41) is 20.9. The second kappa shape index (κ2) is 6.31. The van der Waals surface area contributed by atoms with Crippen LogP contribution in [0.4, 0.5) is 0 Å². The van der Waals surface area contributed by atoms with Crippen LogP contribution in [0.3, 0.4) is 0 Å². The fourth-order valence-electron chi connectivity index (χ4n) is 3.62. The van der Waals surface area contributed by atoms with E-state index in [2.05, 4.69) is 15.0 Å². The first-order chi connectivity index (χ1) is 12.1. The van der Waals surface area contributed by atoms with Gasteiger partial charge in [0.1, 0.15) is 5.52 Å². The Morgan fingerprint density at radius 2 is 1.92 bits per heavy atom. The first-order valence-electron chi connectivity index (χ1n) is 8.29. The van der Waals surface area contributed by atoms with Crippen molar-refractivity contribution in [2.45, 2.75) is 24.5 Å². The van der Waals surface area contributed by atoms with Crippen molar-refractivity contribution in [3.8, 4) is 0 Å². The molecule has 25 heavy (non-hydrogen) atoms. The highest BCUT2D eigenvalue weighted by Gasteiger charge is 2.42. The van der Waals surface area contributed by atoms with Crippen LogP contribution >= 0.6 is 0 Å². The van der Waals surface area contributed by atoms with Gasteiger partial charge < -0.3 is 20.2 Å². The predicted molar refractivity (Wildman–Crippen MR) is 95.1 cm³/mol. The van der Waals surface area contributed by atoms with Crippen molar-refractivity contribution >= 4 is 17.1 Å². The molecule has 0 aliphatic heterocycles. The molecule has 4 N–H and O–H groups in total. The van der Waals surface area contributed by atoms with Crippen molar-refractivity contribution in [2.24, 2.45) is 5.92 Å². The first-order valence-corrected chi connectivity index (χ1v) is 8.29. The number of nitrogens with one attached hydrogen (secondary N) is 2. The maximum absolute atomic E-state index is 11.8. The highest BCUT2D eigenvalue weighted by Crippen LogP contribution is 2.41. The lowest BCUT2D eigenvalue weighted by atomic mass is 9.96. The molecule has 4 rings (SSSR count). The van der Waals surface area contributed by atoms with E-state index in [-0.39, 0.29) is 17.4 Å². The maximum atomic E-state index is 11.8. The number of benzene rings is 1. The Balaban J connectivity index is 1.62. The van der Waals surface area contributed by atoms with Gasteiger partial charge in [-0.1, -0.05) is 42.5 Å². The van der Waals surface area contributed by atoms with Crippen molar-refractivity contribution < 1.29 is 10.2 Å². The molecule has 1 saturated carbocycles. The van der Waals surface area contributed by atoms with Crippen LogP contribution in [0.25, 0.3) is 17.1 Å². The zero-order valence-corrected chi connectivity index (χ0v) is 13.5. The van der Waals surface area contributed by atoms with Crippen LogP contribution < -0.4 is 5.56 Å². The van der Waals surface area contributed by atoms with Gasteiger partial charge in [0.05, 0.1) is 24.1 Å². The SMILES string of the molecule is O=c1[nH]cnc2c([C@@H]3C[C@H](/C=C\c4ccccc4)[C@@H](O)[C@H]3O)c[nH]c12. The number of aliphatic hydroxyl groups is 2. The molecule has 3 aromatic rings. The van der Waals surface area contributed by atoms with Crippen molar-refractivity contribution in [2.75, 3.05) is 0 Å². The summed E-state index contributed by atoms with van der Waals surface area (Å²) in [6.45, 7) is 0. The Hall–Kier alpha value is -2.70. The average Bonchev–Trinajstić information content (AvgIpc) is 3.18. The summed E-state index contributed by atoms with van der Waals surface area (Å²) in [6, 6.07) is 9.84.